The minimum atomic E-state index is -1.29. The number of carbonyl (C=O) groups is 3. The molecule has 112 valence electrons. The van der Waals surface area contributed by atoms with Gasteiger partial charge in [0.15, 0.2) is 0 Å². The van der Waals surface area contributed by atoms with Crippen LogP contribution in [0.15, 0.2) is 0 Å². The zero-order chi connectivity index (χ0) is 15.3. The van der Waals surface area contributed by atoms with Crippen LogP contribution in [-0.2, 0) is 19.1 Å². The van der Waals surface area contributed by atoms with E-state index in [1.165, 1.54) is 0 Å². The van der Waals surface area contributed by atoms with Crippen LogP contribution in [0.5, 0.6) is 0 Å². The molecular formula is C11H19Cl2NO5. The lowest BCUT2D eigenvalue weighted by Gasteiger charge is -2.02. The third kappa shape index (κ3) is 17.1. The van der Waals surface area contributed by atoms with Crippen molar-refractivity contribution in [1.82, 2.24) is 0 Å². The molecule has 0 fully saturated rings. The van der Waals surface area contributed by atoms with Crippen molar-refractivity contribution in [2.45, 2.75) is 37.4 Å². The number of carboxylic acids is 1. The van der Waals surface area contributed by atoms with Gasteiger partial charge in [0.25, 0.3) is 0 Å². The second-order valence-corrected chi connectivity index (χ2v) is 4.55. The highest BCUT2D eigenvalue weighted by Crippen LogP contribution is 1.98. The summed E-state index contributed by atoms with van der Waals surface area (Å²) < 4.78 is 4.85. The van der Waals surface area contributed by atoms with Crippen molar-refractivity contribution in [3.05, 3.63) is 0 Å². The molecule has 3 N–H and O–H groups in total. The summed E-state index contributed by atoms with van der Waals surface area (Å²) in [5.74, 6) is -1.62. The monoisotopic (exact) mass is 315 g/mol. The van der Waals surface area contributed by atoms with E-state index < -0.39 is 10.8 Å². The molecule has 0 aromatic carbocycles. The fourth-order valence-corrected chi connectivity index (χ4v) is 0.746. The molecule has 8 heteroatoms. The molecule has 0 atom stereocenters. The first kappa shape index (κ1) is 20.5. The molecule has 0 bridgehead atoms. The van der Waals surface area contributed by atoms with Gasteiger partial charge >= 0.3 is 11.9 Å². The highest BCUT2D eigenvalue weighted by Gasteiger charge is 2.06. The molecule has 0 aromatic heterocycles. The zero-order valence-electron chi connectivity index (χ0n) is 10.7. The molecule has 0 saturated carbocycles. The number of halogens is 2. The number of esters is 1. The van der Waals surface area contributed by atoms with Crippen LogP contribution in [0.4, 0.5) is 0 Å². The van der Waals surface area contributed by atoms with E-state index in [0.717, 1.165) is 12.8 Å². The Morgan fingerprint density at radius 2 is 1.79 bits per heavy atom. The van der Waals surface area contributed by atoms with Crippen LogP contribution in [0.25, 0.3) is 0 Å². The van der Waals surface area contributed by atoms with Gasteiger partial charge in [-0.2, -0.15) is 0 Å². The van der Waals surface area contributed by atoms with E-state index in [2.05, 4.69) is 0 Å². The predicted molar refractivity (Wildman–Crippen MR) is 72.3 cm³/mol. The topological polar surface area (TPSA) is 107 Å². The number of aliphatic carboxylic acids is 1. The van der Waals surface area contributed by atoms with E-state index in [0.29, 0.717) is 6.61 Å². The normalized spacial score (nSPS) is 9.53. The van der Waals surface area contributed by atoms with Gasteiger partial charge in [0.2, 0.25) is 4.84 Å². The predicted octanol–water partition coefficient (Wildman–Crippen LogP) is 1.51. The second-order valence-electron chi connectivity index (χ2n) is 3.46. The summed E-state index contributed by atoms with van der Waals surface area (Å²) in [4.78, 5) is 29.8. The number of carboxylic acid groups (broad SMARTS) is 1. The Bertz CT molecular complexity index is 284. The summed E-state index contributed by atoms with van der Waals surface area (Å²) in [5.41, 5.74) is 5.08. The average molecular weight is 316 g/mol. The van der Waals surface area contributed by atoms with Crippen molar-refractivity contribution < 1.29 is 24.2 Å². The van der Waals surface area contributed by atoms with Crippen LogP contribution in [0.2, 0.25) is 0 Å². The molecule has 0 heterocycles. The number of nitrogens with two attached hydrogens (primary N) is 1. The summed E-state index contributed by atoms with van der Waals surface area (Å²) in [6.45, 7) is 2.47. The van der Waals surface area contributed by atoms with Crippen LogP contribution in [0.1, 0.15) is 32.6 Å². The molecule has 0 saturated heterocycles. The second kappa shape index (κ2) is 13.6. The van der Waals surface area contributed by atoms with Crippen molar-refractivity contribution in [1.29, 1.82) is 0 Å². The molecule has 0 aromatic rings. The largest absolute Gasteiger partial charge is 0.479 e. The molecule has 0 aliphatic rings. The molecule has 0 amide bonds. The Morgan fingerprint density at radius 1 is 1.26 bits per heavy atom. The summed E-state index contributed by atoms with van der Waals surface area (Å²) >= 11 is 9.56. The molecule has 0 spiro atoms. The molecule has 0 rings (SSSR count). The fourth-order valence-electron chi connectivity index (χ4n) is 0.746. The Labute approximate surface area is 122 Å². The number of Topliss-reactive ketones (excluding diaryl/α,β-unsaturated/α-hetero) is 1. The van der Waals surface area contributed by atoms with Gasteiger partial charge in [0, 0.05) is 6.42 Å². The number of ether oxygens (including phenoxy) is 1. The van der Waals surface area contributed by atoms with Crippen LogP contribution in [-0.4, -0.2) is 40.8 Å². The third-order valence-corrected chi connectivity index (χ3v) is 2.16. The number of carbonyl (C=O) groups excluding carboxylic acids is 2. The minimum Gasteiger partial charge on any atom is -0.479 e. The zero-order valence-corrected chi connectivity index (χ0v) is 12.2. The number of unbranched alkanes of at least 4 members (excludes halogenated alkanes) is 1. The van der Waals surface area contributed by atoms with Crippen molar-refractivity contribution in [2.75, 3.05) is 13.2 Å². The standard InChI is InChI=1S/C9H17NO3.C2H2Cl2O2/c1-2-3-6-13-9(12)5-4-8(11)7-10;3-1(4)2(5)6/h2-7,10H2,1H3;1H,(H,5,6). The average Bonchev–Trinajstić information content (AvgIpc) is 2.36. The van der Waals surface area contributed by atoms with Crippen LogP contribution >= 0.6 is 23.2 Å². The number of hydrogen-bond donors (Lipinski definition) is 2. The van der Waals surface area contributed by atoms with Gasteiger partial charge in [-0.15, -0.1) is 0 Å². The van der Waals surface area contributed by atoms with Crippen molar-refractivity contribution in [3.8, 4) is 0 Å². The number of alkyl halides is 2. The van der Waals surface area contributed by atoms with Crippen LogP contribution < -0.4 is 5.73 Å². The van der Waals surface area contributed by atoms with Crippen molar-refractivity contribution in [2.24, 2.45) is 5.73 Å². The maximum Gasteiger partial charge on any atom is 0.337 e. The summed E-state index contributed by atoms with van der Waals surface area (Å²) in [6, 6.07) is 0. The molecular weight excluding hydrogens is 297 g/mol. The van der Waals surface area contributed by atoms with Gasteiger partial charge < -0.3 is 15.6 Å². The molecule has 6 nitrogen and oxygen atoms in total. The Kier molecular flexibility index (Phi) is 14.6. The van der Waals surface area contributed by atoms with E-state index in [4.69, 9.17) is 38.8 Å². The Morgan fingerprint density at radius 3 is 2.16 bits per heavy atom. The fraction of sp³-hybridized carbons (Fsp3) is 0.727. The summed E-state index contributed by atoms with van der Waals surface area (Å²) in [5, 5.41) is 7.73. The van der Waals surface area contributed by atoms with Gasteiger partial charge in [-0.05, 0) is 6.42 Å². The SMILES string of the molecule is CCCCOC(=O)CCC(=O)CN.O=C(O)C(Cl)Cl. The first-order valence-corrected chi connectivity index (χ1v) is 6.60. The van der Waals surface area contributed by atoms with Crippen molar-refractivity contribution in [3.63, 3.8) is 0 Å². The molecule has 0 aliphatic carbocycles. The highest BCUT2D eigenvalue weighted by molar-refractivity contribution is 6.52. The van der Waals surface area contributed by atoms with Gasteiger partial charge in [-0.3, -0.25) is 9.59 Å². The first-order valence-electron chi connectivity index (χ1n) is 5.73. The number of hydrogen-bond acceptors (Lipinski definition) is 5. The maximum absolute atomic E-state index is 10.9. The number of ketones is 1. The Hall–Kier alpha value is -0.850. The van der Waals surface area contributed by atoms with E-state index in [1.54, 1.807) is 0 Å². The molecule has 0 aliphatic heterocycles. The summed E-state index contributed by atoms with van der Waals surface area (Å²) in [6.07, 6.45) is 2.22. The van der Waals surface area contributed by atoms with Crippen molar-refractivity contribution >= 4 is 40.9 Å². The third-order valence-electron chi connectivity index (χ3n) is 1.78. The number of rotatable bonds is 8. The lowest BCUT2D eigenvalue weighted by atomic mass is 10.2. The van der Waals surface area contributed by atoms with E-state index in [9.17, 15) is 14.4 Å². The molecule has 19 heavy (non-hydrogen) atoms. The molecule has 0 unspecified atom stereocenters. The van der Waals surface area contributed by atoms with Crippen LogP contribution in [0.3, 0.4) is 0 Å². The van der Waals surface area contributed by atoms with Gasteiger partial charge in [0.05, 0.1) is 19.6 Å². The van der Waals surface area contributed by atoms with E-state index in [1.807, 2.05) is 6.92 Å². The lowest BCUT2D eigenvalue weighted by molar-refractivity contribution is -0.144. The van der Waals surface area contributed by atoms with Gasteiger partial charge in [-0.25, -0.2) is 4.79 Å². The van der Waals surface area contributed by atoms with Gasteiger partial charge in [-0.1, -0.05) is 36.5 Å². The highest BCUT2D eigenvalue weighted by atomic mass is 35.5. The smallest absolute Gasteiger partial charge is 0.337 e. The van der Waals surface area contributed by atoms with Crippen LogP contribution in [0, 0.1) is 0 Å². The van der Waals surface area contributed by atoms with Gasteiger partial charge in [0.1, 0.15) is 5.78 Å². The van der Waals surface area contributed by atoms with E-state index >= 15 is 0 Å². The quantitative estimate of drug-likeness (QED) is 0.399. The maximum atomic E-state index is 10.9. The lowest BCUT2D eigenvalue weighted by Crippen LogP contribution is -2.15. The Balaban J connectivity index is 0. The molecule has 0 radical (unpaired) electrons. The first-order chi connectivity index (χ1) is 8.84. The minimum absolute atomic E-state index is 0.00222. The van der Waals surface area contributed by atoms with E-state index in [-0.39, 0.29) is 31.1 Å². The summed E-state index contributed by atoms with van der Waals surface area (Å²) in [7, 11) is 0.